The van der Waals surface area contributed by atoms with Gasteiger partial charge in [-0.2, -0.15) is 9.13 Å². The van der Waals surface area contributed by atoms with Crippen molar-refractivity contribution in [3.05, 3.63) is 120 Å². The van der Waals surface area contributed by atoms with Gasteiger partial charge in [-0.1, -0.05) is 27.0 Å². The molecular weight excluding hydrogens is 918 g/mol. The number of nitrogens with zero attached hydrogens (tertiary/aromatic N) is 4. The van der Waals surface area contributed by atoms with Crippen molar-refractivity contribution in [1.82, 2.24) is 9.97 Å². The molecule has 0 bridgehead atoms. The second-order valence-corrected chi connectivity index (χ2v) is 19.2. The Bertz CT molecular complexity index is 2410. The first-order valence-electron chi connectivity index (χ1n) is 20.7. The molecule has 22 nitrogen and oxygen atoms in total. The van der Waals surface area contributed by atoms with E-state index in [2.05, 4.69) is 9.97 Å². The summed E-state index contributed by atoms with van der Waals surface area (Å²) in [5, 5.41) is 20.8. The number of hydrogen-bond acceptors (Lipinski definition) is 18. The molecule has 2 amide bonds. The zero-order chi connectivity index (χ0) is 45.9. The highest BCUT2D eigenvalue weighted by Crippen LogP contribution is 2.58. The lowest BCUT2D eigenvalue weighted by Crippen LogP contribution is -2.46. The Balaban J connectivity index is 0.000000216. The summed E-state index contributed by atoms with van der Waals surface area (Å²) < 4.78 is 86.2. The topological polar surface area (TPSA) is 287 Å². The standard InChI is InChI=1S/C22H26N3O8P.C19H22N3O8P.2CH4/c1-22(2)31-18-17(30-21(19(18)32-22)25-9-4-6-15(12-25)20(23)26)13-29-34(27)28-10-7-16(33-34)14-5-3-8-24-11-14;20-18(25)13-4-2-7-22(10-13)19-17(24)16(23)15(29-19)11-28-31(26)27-8-5-14(30-31)12-3-1-6-21-9-12;;/h3-6,8-9,11-12,16-19,21H,7,10,13H2,1-2H3,(H-,23,26);1-4,6-7,9-10,14-17,19,23-24H,5,8,11H2,(H-,20,25);2*1H4/p+2/t16?,17?,18-,19-,21-,34?;14?,15?,16-,17-,19-,31?;;/m11../s1. The summed E-state index contributed by atoms with van der Waals surface area (Å²) in [6.45, 7) is 3.54. The Morgan fingerprint density at radius 2 is 1.19 bits per heavy atom. The minimum atomic E-state index is -3.91. The number of primary amides is 2. The largest absolute Gasteiger partial charge is 0.475 e. The van der Waals surface area contributed by atoms with Crippen molar-refractivity contribution < 1.29 is 84.2 Å². The summed E-state index contributed by atoms with van der Waals surface area (Å²) in [4.78, 5) is 31.1. The Labute approximate surface area is 387 Å². The van der Waals surface area contributed by atoms with Gasteiger partial charge in [0.25, 0.3) is 24.3 Å². The molecule has 0 saturated carbocycles. The van der Waals surface area contributed by atoms with E-state index in [1.54, 1.807) is 98.2 Å². The van der Waals surface area contributed by atoms with E-state index in [4.69, 9.17) is 57.6 Å². The molecule has 24 heteroatoms. The van der Waals surface area contributed by atoms with Gasteiger partial charge in [-0.05, 0) is 49.2 Å². The average Bonchev–Trinajstić information content (AvgIpc) is 3.91. The molecule has 4 aromatic rings. The predicted molar refractivity (Wildman–Crippen MR) is 232 cm³/mol. The van der Waals surface area contributed by atoms with Gasteiger partial charge in [-0.15, -0.1) is 0 Å². The monoisotopic (exact) mass is 976 g/mol. The van der Waals surface area contributed by atoms with Crippen LogP contribution in [-0.2, 0) is 55.2 Å². The molecule has 5 saturated heterocycles. The first-order valence-corrected chi connectivity index (χ1v) is 23.6. The van der Waals surface area contributed by atoms with E-state index in [-0.39, 0.29) is 46.8 Å². The Morgan fingerprint density at radius 3 is 1.69 bits per heavy atom. The van der Waals surface area contributed by atoms with Crippen LogP contribution in [0.2, 0.25) is 0 Å². The molecule has 5 fully saturated rings. The number of aliphatic hydroxyl groups excluding tert-OH is 2. The van der Waals surface area contributed by atoms with Gasteiger partial charge in [-0.25, -0.2) is 9.13 Å². The van der Waals surface area contributed by atoms with Crippen molar-refractivity contribution in [1.29, 1.82) is 0 Å². The molecule has 0 aromatic carbocycles. The number of aromatic nitrogens is 4. The van der Waals surface area contributed by atoms with Crippen LogP contribution < -0.4 is 20.6 Å². The number of aliphatic hydroxyl groups is 2. The molecule has 5 aliphatic heterocycles. The van der Waals surface area contributed by atoms with E-state index in [9.17, 15) is 28.9 Å². The Hall–Kier alpha value is -4.48. The van der Waals surface area contributed by atoms with E-state index in [0.717, 1.165) is 11.1 Å². The minimum absolute atomic E-state index is 0. The van der Waals surface area contributed by atoms with Crippen LogP contribution in [0.1, 0.15) is 98.0 Å². The molecule has 0 aliphatic carbocycles. The van der Waals surface area contributed by atoms with E-state index >= 15 is 0 Å². The summed E-state index contributed by atoms with van der Waals surface area (Å²) in [6.07, 6.45) is 6.02. The molecule has 0 spiro atoms. The molecule has 9 heterocycles. The maximum atomic E-state index is 13.2. The van der Waals surface area contributed by atoms with Crippen LogP contribution in [0.3, 0.4) is 0 Å². The second kappa shape index (κ2) is 21.9. The highest BCUT2D eigenvalue weighted by Gasteiger charge is 2.60. The van der Waals surface area contributed by atoms with Gasteiger partial charge in [0, 0.05) is 49.8 Å². The van der Waals surface area contributed by atoms with Crippen molar-refractivity contribution in [3.63, 3.8) is 0 Å². The third-order valence-electron chi connectivity index (χ3n) is 10.9. The van der Waals surface area contributed by atoms with Gasteiger partial charge in [0.2, 0.25) is 0 Å². The van der Waals surface area contributed by atoms with Crippen molar-refractivity contribution >= 4 is 27.5 Å². The van der Waals surface area contributed by atoms with Crippen molar-refractivity contribution in [2.75, 3.05) is 26.4 Å². The number of nitrogens with two attached hydrogens (primary N) is 2. The van der Waals surface area contributed by atoms with Gasteiger partial charge in [0.1, 0.15) is 35.5 Å². The maximum absolute atomic E-state index is 13.2. The molecule has 5 aliphatic rings. The highest BCUT2D eigenvalue weighted by molar-refractivity contribution is 7.48. The predicted octanol–water partition coefficient (Wildman–Crippen LogP) is 3.85. The zero-order valence-electron chi connectivity index (χ0n) is 35.2. The minimum Gasteiger partial charge on any atom is -0.387 e. The number of pyridine rings is 4. The summed E-state index contributed by atoms with van der Waals surface area (Å²) >= 11 is 0. The number of amides is 2. The fraction of sp³-hybridized carbons (Fsp3) is 0.488. The summed E-state index contributed by atoms with van der Waals surface area (Å²) in [7, 11) is -7.76. The number of hydrogen-bond donors (Lipinski definition) is 4. The van der Waals surface area contributed by atoms with Crippen molar-refractivity contribution in [3.8, 4) is 0 Å². The van der Waals surface area contributed by atoms with Crippen LogP contribution in [0.25, 0.3) is 0 Å². The van der Waals surface area contributed by atoms with Gasteiger partial charge in [0.05, 0.1) is 38.6 Å². The van der Waals surface area contributed by atoms with E-state index in [0.29, 0.717) is 18.4 Å². The number of rotatable bonds is 12. The molecule has 67 heavy (non-hydrogen) atoms. The Kier molecular flexibility index (Phi) is 16.9. The summed E-state index contributed by atoms with van der Waals surface area (Å²) in [5.74, 6) is -2.05. The number of phosphoric ester groups is 2. The first kappa shape index (κ1) is 51.9. The fourth-order valence-electron chi connectivity index (χ4n) is 7.81. The molecular formula is C43H58N6O16P2+2. The smallest absolute Gasteiger partial charge is 0.387 e. The normalized spacial score (nSPS) is 33.0. The molecule has 6 N–H and O–H groups in total. The third kappa shape index (κ3) is 12.2. The SMILES string of the molecule is C.C.CC1(C)O[C@@H]2[C@H](O1)C(COP1(=O)OCCC(c3cccnc3)O1)O[C@H]2[n+]1cccc(C(N)=O)c1.NC(=O)c1ccc[n+]([C@@H]2OC(COP3(=O)OCCC(c4cccnc4)O3)[C@@H](O)[C@H]2O)c1. The number of ether oxygens (including phenoxy) is 4. The van der Waals surface area contributed by atoms with Crippen LogP contribution in [-0.4, -0.2) is 101 Å². The molecule has 6 unspecified atom stereocenters. The third-order valence-corrected chi connectivity index (χ3v) is 13.9. The maximum Gasteiger partial charge on any atom is 0.475 e. The number of phosphoric acid groups is 2. The number of carbonyl (C=O) groups is 2. The quantitative estimate of drug-likeness (QED) is 0.116. The number of fused-ring (bicyclic) bond motifs is 1. The molecule has 364 valence electrons. The van der Waals surface area contributed by atoms with Crippen molar-refractivity contribution in [2.24, 2.45) is 11.5 Å². The van der Waals surface area contributed by atoms with Crippen LogP contribution in [0.4, 0.5) is 0 Å². The molecule has 12 atom stereocenters. The van der Waals surface area contributed by atoms with Crippen molar-refractivity contribution in [2.45, 2.75) is 109 Å². The van der Waals surface area contributed by atoms with Crippen LogP contribution in [0.15, 0.2) is 98.1 Å². The van der Waals surface area contributed by atoms with Gasteiger partial charge < -0.3 is 40.6 Å². The lowest BCUT2D eigenvalue weighted by molar-refractivity contribution is -0.766. The van der Waals surface area contributed by atoms with Gasteiger partial charge in [0.15, 0.2) is 42.8 Å². The lowest BCUT2D eigenvalue weighted by Gasteiger charge is -2.30. The number of carbonyl (C=O) groups excluding carboxylic acids is 2. The van der Waals surface area contributed by atoms with Crippen LogP contribution in [0, 0.1) is 0 Å². The lowest BCUT2D eigenvalue weighted by atomic mass is 10.1. The van der Waals surface area contributed by atoms with E-state index < -0.39 is 94.5 Å². The molecule has 9 rings (SSSR count). The first-order chi connectivity index (χ1) is 31.1. The Morgan fingerprint density at radius 1 is 0.716 bits per heavy atom. The van der Waals surface area contributed by atoms with Gasteiger partial charge >= 0.3 is 15.6 Å². The zero-order valence-corrected chi connectivity index (χ0v) is 37.0. The summed E-state index contributed by atoms with van der Waals surface area (Å²) in [5.41, 5.74) is 12.8. The fourth-order valence-corrected chi connectivity index (χ4v) is 10.6. The van der Waals surface area contributed by atoms with E-state index in [1.165, 1.54) is 16.8 Å². The molecule has 0 radical (unpaired) electrons. The van der Waals surface area contributed by atoms with Crippen LogP contribution >= 0.6 is 15.6 Å². The molecule has 4 aromatic heterocycles. The van der Waals surface area contributed by atoms with Crippen LogP contribution in [0.5, 0.6) is 0 Å². The van der Waals surface area contributed by atoms with Gasteiger partial charge in [-0.3, -0.25) is 46.7 Å². The average molecular weight is 977 g/mol. The highest BCUT2D eigenvalue weighted by atomic mass is 31.2. The second-order valence-electron chi connectivity index (χ2n) is 16.0. The van der Waals surface area contributed by atoms with E-state index in [1.807, 2.05) is 6.07 Å². The summed E-state index contributed by atoms with van der Waals surface area (Å²) in [6, 6.07) is 13.6.